The van der Waals surface area contributed by atoms with E-state index >= 15 is 0 Å². The predicted molar refractivity (Wildman–Crippen MR) is 44.4 cm³/mol. The van der Waals surface area contributed by atoms with Crippen molar-refractivity contribution in [3.8, 4) is 0 Å². The van der Waals surface area contributed by atoms with Crippen molar-refractivity contribution < 1.29 is 24.1 Å². The van der Waals surface area contributed by atoms with Crippen molar-refractivity contribution in [2.24, 2.45) is 0 Å². The van der Waals surface area contributed by atoms with Gasteiger partial charge in [-0.3, -0.25) is 0 Å². The summed E-state index contributed by atoms with van der Waals surface area (Å²) < 4.78 is 22.0. The van der Waals surface area contributed by atoms with Gasteiger partial charge in [0.25, 0.3) is 0 Å². The van der Waals surface area contributed by atoms with Crippen LogP contribution in [0.15, 0.2) is 0 Å². The van der Waals surface area contributed by atoms with Crippen LogP contribution >= 0.6 is 0 Å². The monoisotopic (exact) mass is 202 g/mol. The lowest BCUT2D eigenvalue weighted by molar-refractivity contribution is -0.198. The van der Waals surface area contributed by atoms with E-state index in [1.807, 2.05) is 13.8 Å². The maximum atomic E-state index is 9.89. The molecule has 3 aliphatic rings. The molecule has 0 amide bonds. The van der Waals surface area contributed by atoms with Crippen LogP contribution in [0.1, 0.15) is 13.8 Å². The second-order valence-corrected chi connectivity index (χ2v) is 4.43. The van der Waals surface area contributed by atoms with Gasteiger partial charge in [0.2, 0.25) is 0 Å². The first-order valence-electron chi connectivity index (χ1n) is 4.88. The van der Waals surface area contributed by atoms with E-state index < -0.39 is 11.9 Å². The number of ether oxygens (including phenoxy) is 4. The molecule has 3 saturated heterocycles. The van der Waals surface area contributed by atoms with Crippen molar-refractivity contribution >= 4 is 0 Å². The van der Waals surface area contributed by atoms with Crippen molar-refractivity contribution in [2.75, 3.05) is 6.61 Å². The van der Waals surface area contributed by atoms with E-state index in [-0.39, 0.29) is 24.6 Å². The summed E-state index contributed by atoms with van der Waals surface area (Å²) in [6.07, 6.45) is -1.93. The second kappa shape index (κ2) is 2.68. The van der Waals surface area contributed by atoms with E-state index in [1.54, 1.807) is 0 Å². The molecule has 1 unspecified atom stereocenters. The Bertz CT molecular complexity index is 246. The fourth-order valence-electron chi connectivity index (χ4n) is 2.30. The molecule has 2 bridgehead atoms. The Balaban J connectivity index is 1.88. The molecule has 0 aromatic rings. The number of hydrogen-bond acceptors (Lipinski definition) is 5. The quantitative estimate of drug-likeness (QED) is 0.580. The summed E-state index contributed by atoms with van der Waals surface area (Å²) >= 11 is 0. The zero-order valence-electron chi connectivity index (χ0n) is 8.17. The smallest absolute Gasteiger partial charge is 0.187 e. The molecule has 0 aliphatic carbocycles. The zero-order valence-corrected chi connectivity index (χ0v) is 8.17. The second-order valence-electron chi connectivity index (χ2n) is 4.43. The molecule has 0 aromatic carbocycles. The van der Waals surface area contributed by atoms with Crippen molar-refractivity contribution in [2.45, 2.75) is 50.3 Å². The van der Waals surface area contributed by atoms with Crippen molar-refractivity contribution in [3.05, 3.63) is 0 Å². The Morgan fingerprint density at radius 1 is 1.21 bits per heavy atom. The summed E-state index contributed by atoms with van der Waals surface area (Å²) in [5.41, 5.74) is 0. The normalized spacial score (nSPS) is 54.6. The molecule has 5 heteroatoms. The van der Waals surface area contributed by atoms with Crippen LogP contribution < -0.4 is 0 Å². The predicted octanol–water partition coefficient (Wildman–Crippen LogP) is -0.378. The minimum atomic E-state index is -0.659. The van der Waals surface area contributed by atoms with Gasteiger partial charge in [0.1, 0.15) is 24.4 Å². The van der Waals surface area contributed by atoms with Crippen LogP contribution in [0.2, 0.25) is 0 Å². The molecule has 3 fully saturated rings. The molecule has 14 heavy (non-hydrogen) atoms. The summed E-state index contributed by atoms with van der Waals surface area (Å²) in [6.45, 7) is 4.07. The van der Waals surface area contributed by atoms with Gasteiger partial charge in [-0.2, -0.15) is 0 Å². The molecular weight excluding hydrogens is 188 g/mol. The number of aliphatic hydroxyl groups excluding tert-OH is 1. The summed E-state index contributed by atoms with van der Waals surface area (Å²) in [4.78, 5) is 0. The lowest BCUT2D eigenvalue weighted by Crippen LogP contribution is -2.52. The highest BCUT2D eigenvalue weighted by Crippen LogP contribution is 2.40. The fourth-order valence-corrected chi connectivity index (χ4v) is 2.30. The highest BCUT2D eigenvalue weighted by molar-refractivity contribution is 4.98. The van der Waals surface area contributed by atoms with Gasteiger partial charge >= 0.3 is 0 Å². The highest BCUT2D eigenvalue weighted by Gasteiger charge is 2.58. The van der Waals surface area contributed by atoms with Gasteiger partial charge in [-0.05, 0) is 13.8 Å². The van der Waals surface area contributed by atoms with Crippen LogP contribution in [0, 0.1) is 0 Å². The topological polar surface area (TPSA) is 57.2 Å². The molecule has 3 aliphatic heterocycles. The van der Waals surface area contributed by atoms with Gasteiger partial charge in [-0.15, -0.1) is 0 Å². The third kappa shape index (κ3) is 1.14. The number of rotatable bonds is 0. The van der Waals surface area contributed by atoms with Gasteiger partial charge in [-0.1, -0.05) is 0 Å². The third-order valence-electron chi connectivity index (χ3n) is 2.88. The molecule has 0 saturated carbocycles. The molecule has 1 N–H and O–H groups in total. The maximum absolute atomic E-state index is 9.89. The summed E-state index contributed by atoms with van der Waals surface area (Å²) in [6, 6.07) is 0. The minimum absolute atomic E-state index is 0.265. The SMILES string of the molecule is CC1(C)O[C@H]2[C@H](O)[C@H]3COC(O3)[C@H]2O1. The van der Waals surface area contributed by atoms with E-state index in [4.69, 9.17) is 18.9 Å². The first-order chi connectivity index (χ1) is 6.57. The average Bonchev–Trinajstić information content (AvgIpc) is 2.64. The average molecular weight is 202 g/mol. The van der Waals surface area contributed by atoms with Crippen LogP contribution in [0.25, 0.3) is 0 Å². The Labute approximate surface area is 81.9 Å². The standard InChI is InChI=1S/C9H14O5/c1-9(2)13-6-5(10)4-3-11-8(12-4)7(6)14-9/h4-8,10H,3H2,1-2H3/t4-,5-,6+,7+,8?/m1/s1. The van der Waals surface area contributed by atoms with Gasteiger partial charge in [0.05, 0.1) is 6.61 Å². The van der Waals surface area contributed by atoms with Crippen LogP contribution in [0.5, 0.6) is 0 Å². The van der Waals surface area contributed by atoms with Crippen LogP contribution in [0.3, 0.4) is 0 Å². The Hall–Kier alpha value is -0.200. The van der Waals surface area contributed by atoms with Gasteiger partial charge in [0.15, 0.2) is 12.1 Å². The first kappa shape index (κ1) is 9.06. The first-order valence-corrected chi connectivity index (χ1v) is 4.88. The number of aliphatic hydroxyl groups is 1. The Morgan fingerprint density at radius 2 is 1.93 bits per heavy atom. The van der Waals surface area contributed by atoms with Crippen molar-refractivity contribution in [1.82, 2.24) is 0 Å². The van der Waals surface area contributed by atoms with Crippen LogP contribution in [-0.2, 0) is 18.9 Å². The molecule has 0 aromatic heterocycles. The molecule has 80 valence electrons. The van der Waals surface area contributed by atoms with E-state index in [0.717, 1.165) is 0 Å². The van der Waals surface area contributed by atoms with E-state index in [9.17, 15) is 5.11 Å². The van der Waals surface area contributed by atoms with Gasteiger partial charge in [0, 0.05) is 0 Å². The molecule has 3 heterocycles. The van der Waals surface area contributed by atoms with Crippen LogP contribution in [-0.4, -0.2) is 48.2 Å². The van der Waals surface area contributed by atoms with Crippen LogP contribution in [0.4, 0.5) is 0 Å². The molecule has 0 radical (unpaired) electrons. The summed E-state index contributed by atoms with van der Waals surface area (Å²) in [5.74, 6) is -0.659. The lowest BCUT2D eigenvalue weighted by Gasteiger charge is -2.31. The summed E-state index contributed by atoms with van der Waals surface area (Å²) in [5, 5.41) is 9.89. The molecule has 5 atom stereocenters. The number of fused-ring (bicyclic) bond motifs is 4. The third-order valence-corrected chi connectivity index (χ3v) is 2.88. The zero-order chi connectivity index (χ0) is 9.92. The van der Waals surface area contributed by atoms with Crippen molar-refractivity contribution in [3.63, 3.8) is 0 Å². The summed E-state index contributed by atoms with van der Waals surface area (Å²) in [7, 11) is 0. The molecule has 0 spiro atoms. The van der Waals surface area contributed by atoms with Crippen molar-refractivity contribution in [1.29, 1.82) is 0 Å². The Morgan fingerprint density at radius 3 is 2.71 bits per heavy atom. The lowest BCUT2D eigenvalue weighted by atomic mass is 10.0. The Kier molecular flexibility index (Phi) is 1.73. The van der Waals surface area contributed by atoms with Gasteiger partial charge < -0.3 is 24.1 Å². The fraction of sp³-hybridized carbons (Fsp3) is 1.00. The van der Waals surface area contributed by atoms with E-state index in [1.165, 1.54) is 0 Å². The van der Waals surface area contributed by atoms with E-state index in [0.29, 0.717) is 6.61 Å². The molecule has 3 rings (SSSR count). The molecule has 5 nitrogen and oxygen atoms in total. The van der Waals surface area contributed by atoms with E-state index in [2.05, 4.69) is 0 Å². The highest BCUT2D eigenvalue weighted by atomic mass is 16.8. The maximum Gasteiger partial charge on any atom is 0.187 e. The van der Waals surface area contributed by atoms with Gasteiger partial charge in [-0.25, -0.2) is 0 Å². The minimum Gasteiger partial charge on any atom is -0.387 e. The molecular formula is C9H14O5. The number of hydrogen-bond donors (Lipinski definition) is 1. The largest absolute Gasteiger partial charge is 0.387 e.